The number of carbonyl (C=O) groups is 1. The lowest BCUT2D eigenvalue weighted by Crippen LogP contribution is -2.44. The number of amides is 1. The summed E-state index contributed by atoms with van der Waals surface area (Å²) in [6.07, 6.45) is -5.35. The number of aromatic nitrogens is 4. The first-order chi connectivity index (χ1) is 20.0. The molecule has 1 aliphatic heterocycles. The first kappa shape index (κ1) is 29.4. The van der Waals surface area contributed by atoms with Crippen molar-refractivity contribution in [1.82, 2.24) is 29.4 Å². The van der Waals surface area contributed by atoms with Crippen LogP contribution in [0.4, 0.5) is 27.6 Å². The van der Waals surface area contributed by atoms with Crippen molar-refractivity contribution in [3.05, 3.63) is 87.6 Å². The van der Waals surface area contributed by atoms with E-state index in [2.05, 4.69) is 37.1 Å². The highest BCUT2D eigenvalue weighted by molar-refractivity contribution is 6.29. The van der Waals surface area contributed by atoms with Crippen LogP contribution in [0.2, 0.25) is 5.15 Å². The number of fused-ring (bicyclic) bond motifs is 1. The Bertz CT molecular complexity index is 1690. The molecule has 0 atom stereocenters. The number of nitrogens with one attached hydrogen (secondary N) is 1. The Morgan fingerprint density at radius 3 is 2.52 bits per heavy atom. The normalized spacial score (nSPS) is 14.7. The van der Waals surface area contributed by atoms with Crippen molar-refractivity contribution >= 4 is 28.8 Å². The number of likely N-dealkylation sites (N-methyl/N-ethyl adjacent to an activating group) is 1. The molecule has 5 rings (SSSR count). The highest BCUT2D eigenvalue weighted by Crippen LogP contribution is 2.35. The zero-order valence-corrected chi connectivity index (χ0v) is 22.8. The van der Waals surface area contributed by atoms with Crippen LogP contribution in [0, 0.1) is 11.8 Å². The van der Waals surface area contributed by atoms with Crippen LogP contribution in [-0.4, -0.2) is 68.5 Å². The number of rotatable bonds is 5. The van der Waals surface area contributed by atoms with Gasteiger partial charge in [0.05, 0.1) is 22.9 Å². The maximum Gasteiger partial charge on any atom is 0.416 e. The average Bonchev–Trinajstić information content (AvgIpc) is 3.35. The zero-order chi connectivity index (χ0) is 30.0. The van der Waals surface area contributed by atoms with Gasteiger partial charge in [-0.2, -0.15) is 18.3 Å². The van der Waals surface area contributed by atoms with Gasteiger partial charge in [-0.3, -0.25) is 14.7 Å². The summed E-state index contributed by atoms with van der Waals surface area (Å²) in [5.74, 6) is 4.42. The summed E-state index contributed by atoms with van der Waals surface area (Å²) in [4.78, 5) is 24.8. The minimum atomic E-state index is -4.65. The molecule has 42 heavy (non-hydrogen) atoms. The number of nitrogens with zero attached hydrogens (tertiary/aromatic N) is 6. The molecule has 0 aliphatic carbocycles. The molecule has 1 amide bonds. The predicted molar refractivity (Wildman–Crippen MR) is 145 cm³/mol. The lowest BCUT2D eigenvalue weighted by atomic mass is 10.0. The highest BCUT2D eigenvalue weighted by atomic mass is 35.5. The van der Waals surface area contributed by atoms with Crippen molar-refractivity contribution in [2.45, 2.75) is 19.1 Å². The third-order valence-corrected chi connectivity index (χ3v) is 6.91. The van der Waals surface area contributed by atoms with Gasteiger partial charge in [0.15, 0.2) is 5.65 Å². The summed E-state index contributed by atoms with van der Waals surface area (Å²) in [5.41, 5.74) is -1.27. The Kier molecular flexibility index (Phi) is 8.40. The molecular weight excluding hydrogens is 581 g/mol. The Morgan fingerprint density at radius 2 is 1.81 bits per heavy atom. The summed E-state index contributed by atoms with van der Waals surface area (Å²) >= 11 is 5.92. The van der Waals surface area contributed by atoms with Gasteiger partial charge in [-0.05, 0) is 48.9 Å². The number of imidazole rings is 1. The van der Waals surface area contributed by atoms with Gasteiger partial charge in [0.2, 0.25) is 0 Å². The smallest absolute Gasteiger partial charge is 0.322 e. The van der Waals surface area contributed by atoms with Gasteiger partial charge < -0.3 is 10.2 Å². The van der Waals surface area contributed by atoms with Crippen molar-refractivity contribution in [1.29, 1.82) is 0 Å². The molecule has 1 aliphatic rings. The van der Waals surface area contributed by atoms with Crippen LogP contribution in [0.15, 0.2) is 48.8 Å². The second-order valence-electron chi connectivity index (χ2n) is 9.68. The van der Waals surface area contributed by atoms with E-state index in [1.54, 1.807) is 6.07 Å². The monoisotopic (exact) mass is 603 g/mol. The number of pyridine rings is 1. The predicted octanol–water partition coefficient (Wildman–Crippen LogP) is 5.13. The number of hydrogen-bond donors (Lipinski definition) is 1. The van der Waals surface area contributed by atoms with E-state index in [0.717, 1.165) is 31.4 Å². The third kappa shape index (κ3) is 6.67. The van der Waals surface area contributed by atoms with E-state index < -0.39 is 29.8 Å². The summed E-state index contributed by atoms with van der Waals surface area (Å²) < 4.78 is 70.5. The number of alkyl halides is 5. The number of halogens is 6. The van der Waals surface area contributed by atoms with Crippen molar-refractivity contribution in [2.75, 3.05) is 38.5 Å². The van der Waals surface area contributed by atoms with Crippen LogP contribution >= 0.6 is 11.6 Å². The third-order valence-electron chi connectivity index (χ3n) is 6.71. The van der Waals surface area contributed by atoms with E-state index in [-0.39, 0.29) is 39.8 Å². The number of piperazine rings is 1. The fourth-order valence-electron chi connectivity index (χ4n) is 4.45. The standard InChI is InChI=1S/C28H23ClF5N7O/c1-39-8-10-40(11-9-39)16-18-2-4-20(13-22(18)28(32,33)34)37-27(42)19-12-17(25(26(30)31)36-14-19)3-5-21-15-35-24-7-6-23(29)38-41(21)24/h2,4,6-7,12-15,26H,8-11,16H2,1H3,(H,37,42). The van der Waals surface area contributed by atoms with Gasteiger partial charge in [-0.15, -0.1) is 0 Å². The van der Waals surface area contributed by atoms with Crippen LogP contribution in [-0.2, 0) is 12.7 Å². The van der Waals surface area contributed by atoms with Gasteiger partial charge in [-0.1, -0.05) is 23.6 Å². The van der Waals surface area contributed by atoms with Crippen molar-refractivity contribution in [3.63, 3.8) is 0 Å². The van der Waals surface area contributed by atoms with Crippen LogP contribution in [0.1, 0.15) is 44.9 Å². The van der Waals surface area contributed by atoms with Gasteiger partial charge in [0, 0.05) is 44.6 Å². The second kappa shape index (κ2) is 12.0. The first-order valence-corrected chi connectivity index (χ1v) is 13.1. The Morgan fingerprint density at radius 1 is 1.05 bits per heavy atom. The Labute approximate surface area is 242 Å². The minimum absolute atomic E-state index is 0.0914. The summed E-state index contributed by atoms with van der Waals surface area (Å²) in [7, 11) is 1.96. The molecule has 0 spiro atoms. The fourth-order valence-corrected chi connectivity index (χ4v) is 4.59. The number of anilines is 1. The van der Waals surface area contributed by atoms with Gasteiger partial charge in [0.25, 0.3) is 12.3 Å². The van der Waals surface area contributed by atoms with E-state index in [1.165, 1.54) is 28.9 Å². The van der Waals surface area contributed by atoms with E-state index in [1.807, 2.05) is 11.9 Å². The molecule has 0 radical (unpaired) electrons. The lowest BCUT2D eigenvalue weighted by Gasteiger charge is -2.33. The molecule has 1 N–H and O–H groups in total. The van der Waals surface area contributed by atoms with Crippen molar-refractivity contribution in [2.24, 2.45) is 0 Å². The number of benzene rings is 1. The van der Waals surface area contributed by atoms with Gasteiger partial charge in [-0.25, -0.2) is 18.3 Å². The molecule has 0 saturated carbocycles. The molecule has 1 saturated heterocycles. The number of hydrogen-bond acceptors (Lipinski definition) is 6. The molecule has 0 unspecified atom stereocenters. The van der Waals surface area contributed by atoms with Crippen molar-refractivity contribution < 1.29 is 26.7 Å². The van der Waals surface area contributed by atoms with Crippen LogP contribution in [0.5, 0.6) is 0 Å². The largest absolute Gasteiger partial charge is 0.416 e. The van der Waals surface area contributed by atoms with Crippen LogP contribution < -0.4 is 5.32 Å². The van der Waals surface area contributed by atoms with Crippen LogP contribution in [0.25, 0.3) is 5.65 Å². The summed E-state index contributed by atoms with van der Waals surface area (Å²) in [6, 6.07) is 7.81. The highest BCUT2D eigenvalue weighted by Gasteiger charge is 2.34. The second-order valence-corrected chi connectivity index (χ2v) is 10.1. The van der Waals surface area contributed by atoms with Gasteiger partial charge in [0.1, 0.15) is 16.5 Å². The lowest BCUT2D eigenvalue weighted by molar-refractivity contribution is -0.138. The van der Waals surface area contributed by atoms with E-state index in [0.29, 0.717) is 18.7 Å². The van der Waals surface area contributed by atoms with E-state index in [4.69, 9.17) is 11.6 Å². The van der Waals surface area contributed by atoms with E-state index in [9.17, 15) is 26.7 Å². The SMILES string of the molecule is CN1CCN(Cc2ccc(NC(=O)c3cnc(C(F)F)c(C#Cc4cnc5ccc(Cl)nn45)c3)cc2C(F)(F)F)CC1. The maximum absolute atomic E-state index is 13.9. The average molecular weight is 604 g/mol. The molecule has 8 nitrogen and oxygen atoms in total. The Balaban J connectivity index is 1.40. The molecule has 0 bridgehead atoms. The minimum Gasteiger partial charge on any atom is -0.322 e. The topological polar surface area (TPSA) is 78.7 Å². The van der Waals surface area contributed by atoms with Crippen LogP contribution in [0.3, 0.4) is 0 Å². The molecular formula is C28H23ClF5N7O. The Hall–Kier alpha value is -4.12. The molecule has 14 heteroatoms. The quantitative estimate of drug-likeness (QED) is 0.252. The number of carbonyl (C=O) groups excluding carboxylic acids is 1. The maximum atomic E-state index is 13.9. The van der Waals surface area contributed by atoms with Crippen molar-refractivity contribution in [3.8, 4) is 11.8 Å². The zero-order valence-electron chi connectivity index (χ0n) is 22.1. The molecule has 1 fully saturated rings. The fraction of sp³-hybridized carbons (Fsp3) is 0.286. The molecule has 218 valence electrons. The van der Waals surface area contributed by atoms with E-state index >= 15 is 0 Å². The van der Waals surface area contributed by atoms with Gasteiger partial charge >= 0.3 is 6.18 Å². The molecule has 4 heterocycles. The molecule has 4 aromatic rings. The summed E-state index contributed by atoms with van der Waals surface area (Å²) in [5, 5.41) is 6.64. The first-order valence-electron chi connectivity index (χ1n) is 12.7. The molecule has 3 aromatic heterocycles. The summed E-state index contributed by atoms with van der Waals surface area (Å²) in [6.45, 7) is 2.91. The molecule has 1 aromatic carbocycles.